The molecule has 1 heterocycles. The van der Waals surface area contributed by atoms with Crippen LogP contribution < -0.4 is 15.4 Å². The lowest BCUT2D eigenvalue weighted by molar-refractivity contribution is 0.414. The molecule has 0 unspecified atom stereocenters. The fourth-order valence-corrected chi connectivity index (χ4v) is 1.77. The summed E-state index contributed by atoms with van der Waals surface area (Å²) >= 11 is 5.18. The zero-order chi connectivity index (χ0) is 11.9. The second-order valence-electron chi connectivity index (χ2n) is 4.20. The van der Waals surface area contributed by atoms with Crippen LogP contribution in [0.2, 0.25) is 0 Å². The normalized spacial score (nSPS) is 17.1. The van der Waals surface area contributed by atoms with E-state index in [0.717, 1.165) is 0 Å². The molecule has 1 aromatic rings. The van der Waals surface area contributed by atoms with Crippen LogP contribution in [0, 0.1) is 5.82 Å². The van der Waals surface area contributed by atoms with Gasteiger partial charge < -0.3 is 15.4 Å². The first-order valence-electron chi connectivity index (χ1n) is 4.92. The molecule has 0 aliphatic carbocycles. The van der Waals surface area contributed by atoms with Crippen LogP contribution in [0.1, 0.15) is 13.8 Å². The summed E-state index contributed by atoms with van der Waals surface area (Å²) in [7, 11) is 1.55. The van der Waals surface area contributed by atoms with Crippen molar-refractivity contribution in [2.75, 3.05) is 17.7 Å². The molecule has 5 heteroatoms. The van der Waals surface area contributed by atoms with Crippen molar-refractivity contribution in [3.8, 4) is 5.75 Å². The molecule has 0 atom stereocenters. The number of thiocarbonyl (C=S) groups is 1. The van der Waals surface area contributed by atoms with Crippen molar-refractivity contribution in [1.29, 1.82) is 0 Å². The Balaban J connectivity index is 2.58. The van der Waals surface area contributed by atoms with Gasteiger partial charge in [0.25, 0.3) is 0 Å². The Morgan fingerprint density at radius 2 is 2.00 bits per heavy atom. The van der Waals surface area contributed by atoms with E-state index in [1.165, 1.54) is 6.07 Å². The molecule has 3 nitrogen and oxygen atoms in total. The summed E-state index contributed by atoms with van der Waals surface area (Å²) < 4.78 is 18.8. The standard InChI is InChI=1S/C11H13FN2OS/c1-11(2)10(16)13-8-6(12)4-5-7(15-3)9(8)14-11/h4-5,14H,1-3H3,(H,13,16). The summed E-state index contributed by atoms with van der Waals surface area (Å²) in [5, 5.41) is 6.08. The van der Waals surface area contributed by atoms with Crippen molar-refractivity contribution in [1.82, 2.24) is 0 Å². The van der Waals surface area contributed by atoms with Gasteiger partial charge in [0.05, 0.1) is 12.6 Å². The van der Waals surface area contributed by atoms with Gasteiger partial charge in [-0.15, -0.1) is 0 Å². The summed E-state index contributed by atoms with van der Waals surface area (Å²) in [5.41, 5.74) is 0.549. The maximum Gasteiger partial charge on any atom is 0.149 e. The number of anilines is 2. The Kier molecular flexibility index (Phi) is 2.50. The first-order chi connectivity index (χ1) is 7.45. The topological polar surface area (TPSA) is 33.3 Å². The number of methoxy groups -OCH3 is 1. The third kappa shape index (κ3) is 1.61. The van der Waals surface area contributed by atoms with Gasteiger partial charge in [-0.1, -0.05) is 12.2 Å². The Morgan fingerprint density at radius 3 is 2.62 bits per heavy atom. The van der Waals surface area contributed by atoms with Crippen molar-refractivity contribution < 1.29 is 9.13 Å². The van der Waals surface area contributed by atoms with Gasteiger partial charge in [-0.25, -0.2) is 4.39 Å². The molecule has 0 spiro atoms. The van der Waals surface area contributed by atoms with E-state index in [0.29, 0.717) is 22.1 Å². The number of benzene rings is 1. The van der Waals surface area contributed by atoms with Crippen LogP contribution in [0.5, 0.6) is 5.75 Å². The molecule has 0 amide bonds. The monoisotopic (exact) mass is 240 g/mol. The Bertz CT molecular complexity index is 460. The number of hydrogen-bond acceptors (Lipinski definition) is 3. The number of hydrogen-bond donors (Lipinski definition) is 2. The SMILES string of the molecule is COc1ccc(F)c2c1NC(C)(C)C(=S)N2. The predicted molar refractivity (Wildman–Crippen MR) is 66.9 cm³/mol. The fraction of sp³-hybridized carbons (Fsp3) is 0.364. The molecule has 1 aromatic carbocycles. The van der Waals surface area contributed by atoms with Crippen LogP contribution in [-0.2, 0) is 0 Å². The average Bonchev–Trinajstić information content (AvgIpc) is 2.21. The van der Waals surface area contributed by atoms with Gasteiger partial charge >= 0.3 is 0 Å². The van der Waals surface area contributed by atoms with Crippen LogP contribution in [0.15, 0.2) is 12.1 Å². The molecular weight excluding hydrogens is 227 g/mol. The third-order valence-corrected chi connectivity index (χ3v) is 3.19. The van der Waals surface area contributed by atoms with Gasteiger partial charge in [-0.3, -0.25) is 0 Å². The van der Waals surface area contributed by atoms with Crippen LogP contribution in [0.25, 0.3) is 0 Å². The highest BCUT2D eigenvalue weighted by atomic mass is 32.1. The van der Waals surface area contributed by atoms with Crippen LogP contribution in [0.3, 0.4) is 0 Å². The Labute approximate surface area is 99.0 Å². The van der Waals surface area contributed by atoms with E-state index < -0.39 is 5.54 Å². The molecular formula is C11H13FN2OS. The number of halogens is 1. The molecule has 2 rings (SSSR count). The van der Waals surface area contributed by atoms with E-state index >= 15 is 0 Å². The van der Waals surface area contributed by atoms with Crippen LogP contribution in [0.4, 0.5) is 15.8 Å². The van der Waals surface area contributed by atoms with Gasteiger partial charge in [-0.05, 0) is 26.0 Å². The van der Waals surface area contributed by atoms with Gasteiger partial charge in [-0.2, -0.15) is 0 Å². The summed E-state index contributed by atoms with van der Waals surface area (Å²) in [6.45, 7) is 3.85. The average molecular weight is 240 g/mol. The fourth-order valence-electron chi connectivity index (χ4n) is 1.61. The minimum atomic E-state index is -0.413. The highest BCUT2D eigenvalue weighted by Crippen LogP contribution is 2.40. The van der Waals surface area contributed by atoms with Crippen molar-refractivity contribution in [2.45, 2.75) is 19.4 Å². The summed E-state index contributed by atoms with van der Waals surface area (Å²) in [4.78, 5) is 0.562. The second-order valence-corrected chi connectivity index (χ2v) is 4.61. The van der Waals surface area contributed by atoms with Crippen LogP contribution in [-0.4, -0.2) is 17.6 Å². The molecule has 86 valence electrons. The Morgan fingerprint density at radius 1 is 1.31 bits per heavy atom. The highest BCUT2D eigenvalue weighted by molar-refractivity contribution is 7.80. The van der Waals surface area contributed by atoms with Gasteiger partial charge in [0.2, 0.25) is 0 Å². The quantitative estimate of drug-likeness (QED) is 0.739. The lowest BCUT2D eigenvalue weighted by Gasteiger charge is -2.36. The molecule has 1 aliphatic rings. The molecule has 0 saturated carbocycles. The van der Waals surface area contributed by atoms with E-state index in [2.05, 4.69) is 10.6 Å². The zero-order valence-corrected chi connectivity index (χ0v) is 10.2. The maximum absolute atomic E-state index is 13.6. The largest absolute Gasteiger partial charge is 0.495 e. The molecule has 0 aromatic heterocycles. The van der Waals surface area contributed by atoms with E-state index in [4.69, 9.17) is 17.0 Å². The molecule has 0 radical (unpaired) electrons. The van der Waals surface area contributed by atoms with Crippen LogP contribution >= 0.6 is 12.2 Å². The second kappa shape index (κ2) is 3.59. The van der Waals surface area contributed by atoms with Crippen molar-refractivity contribution in [3.05, 3.63) is 17.9 Å². The first kappa shape index (κ1) is 11.1. The minimum absolute atomic E-state index is 0.346. The molecule has 1 aliphatic heterocycles. The number of nitrogens with one attached hydrogen (secondary N) is 2. The van der Waals surface area contributed by atoms with E-state index in [1.54, 1.807) is 13.2 Å². The van der Waals surface area contributed by atoms with E-state index in [1.807, 2.05) is 13.8 Å². The van der Waals surface area contributed by atoms with Gasteiger partial charge in [0, 0.05) is 0 Å². The molecule has 2 N–H and O–H groups in total. The number of ether oxygens (including phenoxy) is 1. The van der Waals surface area contributed by atoms with Crippen molar-refractivity contribution >= 4 is 28.6 Å². The van der Waals surface area contributed by atoms with Gasteiger partial charge in [0.15, 0.2) is 0 Å². The maximum atomic E-state index is 13.6. The number of rotatable bonds is 1. The summed E-state index contributed by atoms with van der Waals surface area (Å²) in [6.07, 6.45) is 0. The lowest BCUT2D eigenvalue weighted by Crippen LogP contribution is -2.46. The van der Waals surface area contributed by atoms with E-state index in [9.17, 15) is 4.39 Å². The minimum Gasteiger partial charge on any atom is -0.495 e. The lowest BCUT2D eigenvalue weighted by atomic mass is 10.0. The molecule has 0 saturated heterocycles. The molecule has 0 fully saturated rings. The highest BCUT2D eigenvalue weighted by Gasteiger charge is 2.32. The summed E-state index contributed by atoms with van der Waals surface area (Å²) in [6, 6.07) is 2.95. The van der Waals surface area contributed by atoms with Crippen molar-refractivity contribution in [3.63, 3.8) is 0 Å². The predicted octanol–water partition coefficient (Wildman–Crippen LogP) is 2.78. The first-order valence-corrected chi connectivity index (χ1v) is 5.32. The Hall–Kier alpha value is -1.36. The van der Waals surface area contributed by atoms with Crippen molar-refractivity contribution in [2.24, 2.45) is 0 Å². The van der Waals surface area contributed by atoms with Gasteiger partial charge in [0.1, 0.15) is 27.9 Å². The summed E-state index contributed by atoms with van der Waals surface area (Å²) in [5.74, 6) is 0.251. The smallest absolute Gasteiger partial charge is 0.149 e. The number of fused-ring (bicyclic) bond motifs is 1. The third-order valence-electron chi connectivity index (χ3n) is 2.58. The molecule has 0 bridgehead atoms. The molecule has 16 heavy (non-hydrogen) atoms. The van der Waals surface area contributed by atoms with E-state index in [-0.39, 0.29) is 5.82 Å². The zero-order valence-electron chi connectivity index (χ0n) is 9.35.